The molecule has 1 aromatic carbocycles. The van der Waals surface area contributed by atoms with E-state index in [4.69, 9.17) is 5.73 Å². The van der Waals surface area contributed by atoms with Gasteiger partial charge in [0.2, 0.25) is 0 Å². The van der Waals surface area contributed by atoms with Crippen LogP contribution in [0.15, 0.2) is 24.3 Å². The molecule has 2 N–H and O–H groups in total. The number of piperidine rings is 1. The molecule has 1 saturated heterocycles. The SMILES string of the molecule is CC1CCC(CN)CN1Cc1ccc(C(F)(F)F)cc1. The van der Waals surface area contributed by atoms with Gasteiger partial charge >= 0.3 is 6.18 Å². The molecule has 5 heteroatoms. The summed E-state index contributed by atoms with van der Waals surface area (Å²) in [6.45, 7) is 4.46. The molecule has 1 heterocycles. The van der Waals surface area contributed by atoms with Crippen molar-refractivity contribution in [2.24, 2.45) is 11.7 Å². The summed E-state index contributed by atoms with van der Waals surface area (Å²) in [6.07, 6.45) is -2.02. The van der Waals surface area contributed by atoms with E-state index in [0.29, 0.717) is 25.0 Å². The lowest BCUT2D eigenvalue weighted by Crippen LogP contribution is -2.43. The first-order valence-corrected chi connectivity index (χ1v) is 7.00. The molecular weight excluding hydrogens is 265 g/mol. The number of rotatable bonds is 3. The lowest BCUT2D eigenvalue weighted by Gasteiger charge is -2.37. The average Bonchev–Trinajstić information content (AvgIpc) is 2.41. The van der Waals surface area contributed by atoms with Crippen LogP contribution in [0.4, 0.5) is 13.2 Å². The molecule has 2 rings (SSSR count). The van der Waals surface area contributed by atoms with Crippen molar-refractivity contribution in [1.82, 2.24) is 4.90 Å². The number of hydrogen-bond acceptors (Lipinski definition) is 2. The van der Waals surface area contributed by atoms with E-state index in [0.717, 1.165) is 37.1 Å². The molecule has 0 aliphatic carbocycles. The first-order valence-electron chi connectivity index (χ1n) is 7.00. The van der Waals surface area contributed by atoms with Gasteiger partial charge in [0.25, 0.3) is 0 Å². The number of likely N-dealkylation sites (tertiary alicyclic amines) is 1. The second kappa shape index (κ2) is 6.14. The van der Waals surface area contributed by atoms with Gasteiger partial charge in [0.05, 0.1) is 5.56 Å². The standard InChI is InChI=1S/C15H21F3N2/c1-11-2-3-13(8-19)10-20(11)9-12-4-6-14(7-5-12)15(16,17)18/h4-7,11,13H,2-3,8-10,19H2,1H3. The summed E-state index contributed by atoms with van der Waals surface area (Å²) in [5.41, 5.74) is 6.05. The van der Waals surface area contributed by atoms with E-state index in [1.54, 1.807) is 12.1 Å². The van der Waals surface area contributed by atoms with Crippen molar-refractivity contribution in [2.45, 2.75) is 38.5 Å². The second-order valence-electron chi connectivity index (χ2n) is 5.65. The second-order valence-corrected chi connectivity index (χ2v) is 5.65. The number of nitrogens with zero attached hydrogens (tertiary/aromatic N) is 1. The zero-order valence-electron chi connectivity index (χ0n) is 11.7. The first-order chi connectivity index (χ1) is 9.40. The summed E-state index contributed by atoms with van der Waals surface area (Å²) in [4.78, 5) is 2.31. The van der Waals surface area contributed by atoms with Crippen LogP contribution in [-0.2, 0) is 12.7 Å². The average molecular weight is 286 g/mol. The molecule has 0 spiro atoms. The summed E-state index contributed by atoms with van der Waals surface area (Å²) in [7, 11) is 0. The number of nitrogens with two attached hydrogens (primary N) is 1. The Bertz CT molecular complexity index is 428. The monoisotopic (exact) mass is 286 g/mol. The van der Waals surface area contributed by atoms with Gasteiger partial charge in [0, 0.05) is 19.1 Å². The quantitative estimate of drug-likeness (QED) is 0.924. The van der Waals surface area contributed by atoms with Gasteiger partial charge in [-0.3, -0.25) is 4.90 Å². The highest BCUT2D eigenvalue weighted by Gasteiger charge is 2.30. The summed E-state index contributed by atoms with van der Waals surface area (Å²) in [6, 6.07) is 5.91. The van der Waals surface area contributed by atoms with Gasteiger partial charge < -0.3 is 5.73 Å². The minimum Gasteiger partial charge on any atom is -0.330 e. The van der Waals surface area contributed by atoms with Crippen molar-refractivity contribution in [3.05, 3.63) is 35.4 Å². The van der Waals surface area contributed by atoms with Gasteiger partial charge in [-0.05, 0) is 49.9 Å². The highest BCUT2D eigenvalue weighted by Crippen LogP contribution is 2.29. The van der Waals surface area contributed by atoms with E-state index in [9.17, 15) is 13.2 Å². The Labute approximate surface area is 117 Å². The Hall–Kier alpha value is -1.07. The zero-order chi connectivity index (χ0) is 14.8. The maximum absolute atomic E-state index is 12.5. The van der Waals surface area contributed by atoms with Crippen LogP contribution in [0, 0.1) is 5.92 Å². The van der Waals surface area contributed by atoms with Crippen molar-refractivity contribution in [3.63, 3.8) is 0 Å². The molecule has 1 fully saturated rings. The Kier molecular flexibility index (Phi) is 4.70. The van der Waals surface area contributed by atoms with E-state index in [-0.39, 0.29) is 0 Å². The van der Waals surface area contributed by atoms with E-state index >= 15 is 0 Å². The molecule has 0 saturated carbocycles. The summed E-state index contributed by atoms with van der Waals surface area (Å²) in [5, 5.41) is 0. The Morgan fingerprint density at radius 2 is 1.85 bits per heavy atom. The number of hydrogen-bond donors (Lipinski definition) is 1. The third kappa shape index (κ3) is 3.73. The van der Waals surface area contributed by atoms with Crippen LogP contribution >= 0.6 is 0 Å². The van der Waals surface area contributed by atoms with E-state index in [1.807, 2.05) is 0 Å². The van der Waals surface area contributed by atoms with Crippen molar-refractivity contribution in [3.8, 4) is 0 Å². The van der Waals surface area contributed by atoms with Crippen LogP contribution in [0.1, 0.15) is 30.9 Å². The van der Waals surface area contributed by atoms with Gasteiger partial charge in [0.15, 0.2) is 0 Å². The van der Waals surface area contributed by atoms with Crippen molar-refractivity contribution >= 4 is 0 Å². The van der Waals surface area contributed by atoms with Crippen LogP contribution < -0.4 is 5.73 Å². The summed E-state index contributed by atoms with van der Waals surface area (Å²) >= 11 is 0. The maximum Gasteiger partial charge on any atom is 0.416 e. The molecule has 1 aromatic rings. The molecule has 0 radical (unpaired) electrons. The fourth-order valence-corrected chi connectivity index (χ4v) is 2.71. The third-order valence-corrected chi connectivity index (χ3v) is 4.11. The lowest BCUT2D eigenvalue weighted by atomic mass is 9.93. The van der Waals surface area contributed by atoms with E-state index < -0.39 is 11.7 Å². The lowest BCUT2D eigenvalue weighted by molar-refractivity contribution is -0.137. The van der Waals surface area contributed by atoms with Gasteiger partial charge in [-0.15, -0.1) is 0 Å². The fourth-order valence-electron chi connectivity index (χ4n) is 2.71. The molecule has 0 aromatic heterocycles. The topological polar surface area (TPSA) is 29.3 Å². The van der Waals surface area contributed by atoms with Gasteiger partial charge in [-0.25, -0.2) is 0 Å². The van der Waals surface area contributed by atoms with Gasteiger partial charge in [0.1, 0.15) is 0 Å². The predicted molar refractivity (Wildman–Crippen MR) is 73.1 cm³/mol. The molecule has 2 nitrogen and oxygen atoms in total. The van der Waals surface area contributed by atoms with Crippen LogP contribution in [0.3, 0.4) is 0 Å². The number of benzene rings is 1. The molecule has 20 heavy (non-hydrogen) atoms. The van der Waals surface area contributed by atoms with Crippen LogP contribution in [0.2, 0.25) is 0 Å². The molecule has 1 aliphatic heterocycles. The smallest absolute Gasteiger partial charge is 0.330 e. The summed E-state index contributed by atoms with van der Waals surface area (Å²) < 4.78 is 37.5. The number of halogens is 3. The van der Waals surface area contributed by atoms with E-state index in [2.05, 4.69) is 11.8 Å². The predicted octanol–water partition coefficient (Wildman–Crippen LogP) is 3.26. The minimum atomic E-state index is -4.26. The van der Waals surface area contributed by atoms with E-state index in [1.165, 1.54) is 0 Å². The van der Waals surface area contributed by atoms with Crippen LogP contribution in [0.5, 0.6) is 0 Å². The first kappa shape index (κ1) is 15.3. The largest absolute Gasteiger partial charge is 0.416 e. The van der Waals surface area contributed by atoms with Gasteiger partial charge in [-0.1, -0.05) is 12.1 Å². The third-order valence-electron chi connectivity index (χ3n) is 4.11. The summed E-state index contributed by atoms with van der Waals surface area (Å²) in [5.74, 6) is 0.501. The Morgan fingerprint density at radius 3 is 2.40 bits per heavy atom. The molecule has 2 unspecified atom stereocenters. The van der Waals surface area contributed by atoms with Crippen LogP contribution in [0.25, 0.3) is 0 Å². The highest BCUT2D eigenvalue weighted by atomic mass is 19.4. The molecule has 1 aliphatic rings. The molecule has 112 valence electrons. The highest BCUT2D eigenvalue weighted by molar-refractivity contribution is 5.24. The fraction of sp³-hybridized carbons (Fsp3) is 0.600. The minimum absolute atomic E-state index is 0.458. The zero-order valence-corrected chi connectivity index (χ0v) is 11.7. The molecular formula is C15H21F3N2. The van der Waals surface area contributed by atoms with Gasteiger partial charge in [-0.2, -0.15) is 13.2 Å². The molecule has 0 amide bonds. The normalized spacial score (nSPS) is 24.9. The van der Waals surface area contributed by atoms with Crippen molar-refractivity contribution in [1.29, 1.82) is 0 Å². The maximum atomic E-state index is 12.5. The van der Waals surface area contributed by atoms with Crippen LogP contribution in [-0.4, -0.2) is 24.0 Å². The Morgan fingerprint density at radius 1 is 1.20 bits per heavy atom. The Balaban J connectivity index is 2.02. The van der Waals surface area contributed by atoms with Crippen molar-refractivity contribution < 1.29 is 13.2 Å². The molecule has 2 atom stereocenters. The molecule has 0 bridgehead atoms. The van der Waals surface area contributed by atoms with Crippen molar-refractivity contribution in [2.75, 3.05) is 13.1 Å². The number of alkyl halides is 3.